The number of aliphatic carboxylic acids is 2. The summed E-state index contributed by atoms with van der Waals surface area (Å²) in [5.41, 5.74) is 5.47. The van der Waals surface area contributed by atoms with E-state index in [1.54, 1.807) is 4.90 Å². The molecule has 1 rings (SSSR count). The first-order valence-electron chi connectivity index (χ1n) is 9.66. The van der Waals surface area contributed by atoms with Crippen LogP contribution in [0.25, 0.3) is 0 Å². The Morgan fingerprint density at radius 2 is 1.66 bits per heavy atom. The number of carbonyl (C=O) groups excluding carboxylic acids is 3. The van der Waals surface area contributed by atoms with E-state index in [0.29, 0.717) is 45.3 Å². The van der Waals surface area contributed by atoms with Gasteiger partial charge in [-0.05, 0) is 38.6 Å². The second-order valence-corrected chi connectivity index (χ2v) is 7.13. The van der Waals surface area contributed by atoms with Crippen molar-refractivity contribution >= 4 is 29.7 Å². The van der Waals surface area contributed by atoms with Crippen molar-refractivity contribution in [1.82, 2.24) is 15.5 Å². The molecule has 0 aromatic carbocycles. The third-order valence-corrected chi connectivity index (χ3v) is 4.79. The number of nitrogens with two attached hydrogens (primary N) is 1. The van der Waals surface area contributed by atoms with Gasteiger partial charge < -0.3 is 31.5 Å². The third-order valence-electron chi connectivity index (χ3n) is 4.79. The zero-order valence-corrected chi connectivity index (χ0v) is 16.6. The predicted molar refractivity (Wildman–Crippen MR) is 102 cm³/mol. The van der Waals surface area contributed by atoms with E-state index in [-0.39, 0.29) is 11.8 Å². The minimum Gasteiger partial charge on any atom is -0.481 e. The lowest BCUT2D eigenvalue weighted by molar-refractivity contribution is -0.148. The number of carboxylic acids is 2. The fourth-order valence-electron chi connectivity index (χ4n) is 3.24. The molecule has 1 fully saturated rings. The highest BCUT2D eigenvalue weighted by Crippen LogP contribution is 2.19. The average molecular weight is 414 g/mol. The molecular weight excluding hydrogens is 384 g/mol. The number of carbonyl (C=O) groups is 5. The first-order valence-corrected chi connectivity index (χ1v) is 9.66. The van der Waals surface area contributed by atoms with Crippen molar-refractivity contribution in [2.45, 2.75) is 57.5 Å². The van der Waals surface area contributed by atoms with E-state index in [1.165, 1.54) is 6.92 Å². The summed E-state index contributed by atoms with van der Waals surface area (Å²) in [5, 5.41) is 22.7. The molecule has 1 aliphatic rings. The number of rotatable bonds is 11. The van der Waals surface area contributed by atoms with Crippen LogP contribution < -0.4 is 16.4 Å². The maximum atomic E-state index is 12.7. The van der Waals surface area contributed by atoms with Gasteiger partial charge in [-0.25, -0.2) is 4.79 Å². The second kappa shape index (κ2) is 12.0. The molecule has 3 amide bonds. The molecule has 0 aromatic rings. The Morgan fingerprint density at radius 1 is 1.03 bits per heavy atom. The summed E-state index contributed by atoms with van der Waals surface area (Å²) >= 11 is 0. The Morgan fingerprint density at radius 3 is 2.14 bits per heavy atom. The fourth-order valence-corrected chi connectivity index (χ4v) is 3.24. The summed E-state index contributed by atoms with van der Waals surface area (Å²) < 4.78 is 0. The van der Waals surface area contributed by atoms with Crippen LogP contribution in [0.15, 0.2) is 0 Å². The molecule has 1 saturated heterocycles. The number of hydrogen-bond donors (Lipinski definition) is 5. The number of hydrogen-bond acceptors (Lipinski definition) is 6. The highest BCUT2D eigenvalue weighted by Gasteiger charge is 2.33. The number of piperidine rings is 1. The Labute approximate surface area is 169 Å². The Hall–Kier alpha value is -2.69. The molecule has 0 bridgehead atoms. The summed E-state index contributed by atoms with van der Waals surface area (Å²) in [6.07, 6.45) is 1.86. The van der Waals surface area contributed by atoms with Crippen molar-refractivity contribution in [3.8, 4) is 0 Å². The van der Waals surface area contributed by atoms with Crippen LogP contribution in [-0.4, -0.2) is 76.5 Å². The van der Waals surface area contributed by atoms with E-state index in [1.807, 2.05) is 0 Å². The summed E-state index contributed by atoms with van der Waals surface area (Å²) in [7, 11) is 0. The van der Waals surface area contributed by atoms with Gasteiger partial charge in [-0.1, -0.05) is 0 Å². The Balaban J connectivity index is 2.60. The predicted octanol–water partition coefficient (Wildman–Crippen LogP) is -1.10. The van der Waals surface area contributed by atoms with Gasteiger partial charge in [-0.15, -0.1) is 0 Å². The summed E-state index contributed by atoms with van der Waals surface area (Å²) in [6, 6.07) is -2.14. The van der Waals surface area contributed by atoms with Crippen LogP contribution in [0.4, 0.5) is 0 Å². The van der Waals surface area contributed by atoms with E-state index in [2.05, 4.69) is 10.6 Å². The van der Waals surface area contributed by atoms with E-state index < -0.39 is 42.3 Å². The number of unbranched alkanes of at least 4 members (excludes halogenated alkanes) is 1. The van der Waals surface area contributed by atoms with Crippen molar-refractivity contribution < 1.29 is 34.2 Å². The van der Waals surface area contributed by atoms with E-state index >= 15 is 0 Å². The standard InChI is InChI=1S/C18H30N4O7/c1-11(23)20-13(4-2-3-7-19)17(27)22-8-5-12(6-9-22)16(26)21-14(18(28)29)10-15(24)25/h12-14H,2-10,19H2,1H3,(H,20,23)(H,21,26)(H,24,25)(H,28,29)/t13-,14-/m0/s1. The third kappa shape index (κ3) is 8.46. The average Bonchev–Trinajstić information content (AvgIpc) is 2.65. The lowest BCUT2D eigenvalue weighted by Gasteiger charge is -2.34. The molecule has 0 saturated carbocycles. The molecule has 6 N–H and O–H groups in total. The first-order chi connectivity index (χ1) is 13.6. The molecular formula is C18H30N4O7. The molecule has 0 spiro atoms. The minimum absolute atomic E-state index is 0.217. The quantitative estimate of drug-likeness (QED) is 0.264. The van der Waals surface area contributed by atoms with Crippen molar-refractivity contribution in [2.75, 3.05) is 19.6 Å². The summed E-state index contributed by atoms with van der Waals surface area (Å²) in [4.78, 5) is 59.8. The van der Waals surface area contributed by atoms with Gasteiger partial charge in [0.05, 0.1) is 6.42 Å². The zero-order valence-electron chi connectivity index (χ0n) is 16.6. The maximum Gasteiger partial charge on any atom is 0.326 e. The van der Waals surface area contributed by atoms with Gasteiger partial charge in [0.15, 0.2) is 0 Å². The van der Waals surface area contributed by atoms with Crippen LogP contribution in [0.5, 0.6) is 0 Å². The van der Waals surface area contributed by atoms with E-state index in [4.69, 9.17) is 15.9 Å². The van der Waals surface area contributed by atoms with Crippen molar-refractivity contribution in [3.05, 3.63) is 0 Å². The van der Waals surface area contributed by atoms with Crippen molar-refractivity contribution in [3.63, 3.8) is 0 Å². The van der Waals surface area contributed by atoms with Gasteiger partial charge in [0.1, 0.15) is 12.1 Å². The van der Waals surface area contributed by atoms with E-state index in [0.717, 1.165) is 6.42 Å². The van der Waals surface area contributed by atoms with Gasteiger partial charge in [-0.3, -0.25) is 19.2 Å². The zero-order chi connectivity index (χ0) is 22.0. The minimum atomic E-state index is -1.49. The Kier molecular flexibility index (Phi) is 10.1. The van der Waals surface area contributed by atoms with Crippen LogP contribution in [0.3, 0.4) is 0 Å². The van der Waals surface area contributed by atoms with Gasteiger partial charge in [0.25, 0.3) is 0 Å². The Bertz CT molecular complexity index is 617. The first kappa shape index (κ1) is 24.3. The molecule has 29 heavy (non-hydrogen) atoms. The molecule has 11 heteroatoms. The normalized spacial score (nSPS) is 16.6. The molecule has 0 radical (unpaired) electrons. The molecule has 0 aliphatic carbocycles. The number of carboxylic acid groups (broad SMARTS) is 2. The molecule has 0 unspecified atom stereocenters. The van der Waals surface area contributed by atoms with Gasteiger partial charge in [0, 0.05) is 25.9 Å². The largest absolute Gasteiger partial charge is 0.481 e. The number of likely N-dealkylation sites (tertiary alicyclic amines) is 1. The lowest BCUT2D eigenvalue weighted by atomic mass is 9.94. The number of nitrogens with one attached hydrogen (secondary N) is 2. The molecule has 1 aliphatic heterocycles. The SMILES string of the molecule is CC(=O)N[C@@H](CCCCN)C(=O)N1CCC(C(=O)N[C@@H](CC(=O)O)C(=O)O)CC1. The maximum absolute atomic E-state index is 12.7. The summed E-state index contributed by atoms with van der Waals surface area (Å²) in [6.45, 7) is 2.43. The second-order valence-electron chi connectivity index (χ2n) is 7.13. The number of nitrogens with zero attached hydrogens (tertiary/aromatic N) is 1. The molecule has 164 valence electrons. The summed E-state index contributed by atoms with van der Waals surface area (Å²) in [5.74, 6) is -4.30. The van der Waals surface area contributed by atoms with Gasteiger partial charge >= 0.3 is 11.9 Å². The molecule has 2 atom stereocenters. The van der Waals surface area contributed by atoms with Crippen LogP contribution in [-0.2, 0) is 24.0 Å². The van der Waals surface area contributed by atoms with Crippen LogP contribution in [0.2, 0.25) is 0 Å². The van der Waals surface area contributed by atoms with Crippen LogP contribution in [0, 0.1) is 5.92 Å². The lowest BCUT2D eigenvalue weighted by Crippen LogP contribution is -2.52. The molecule has 1 heterocycles. The topological polar surface area (TPSA) is 179 Å². The van der Waals surface area contributed by atoms with Crippen molar-refractivity contribution in [2.24, 2.45) is 11.7 Å². The van der Waals surface area contributed by atoms with E-state index in [9.17, 15) is 24.0 Å². The smallest absolute Gasteiger partial charge is 0.326 e. The van der Waals surface area contributed by atoms with Gasteiger partial charge in [0.2, 0.25) is 17.7 Å². The highest BCUT2D eigenvalue weighted by atomic mass is 16.4. The number of amides is 3. The monoisotopic (exact) mass is 414 g/mol. The highest BCUT2D eigenvalue weighted by molar-refractivity contribution is 5.89. The van der Waals surface area contributed by atoms with Gasteiger partial charge in [-0.2, -0.15) is 0 Å². The van der Waals surface area contributed by atoms with Crippen LogP contribution in [0.1, 0.15) is 45.4 Å². The molecule has 11 nitrogen and oxygen atoms in total. The van der Waals surface area contributed by atoms with Crippen LogP contribution >= 0.6 is 0 Å². The fraction of sp³-hybridized carbons (Fsp3) is 0.722. The van der Waals surface area contributed by atoms with Crippen molar-refractivity contribution in [1.29, 1.82) is 0 Å². The molecule has 0 aromatic heterocycles.